The summed E-state index contributed by atoms with van der Waals surface area (Å²) in [4.78, 5) is 29.1. The van der Waals surface area contributed by atoms with Gasteiger partial charge in [0.25, 0.3) is 0 Å². The first-order valence-corrected chi connectivity index (χ1v) is 10.3. The molecule has 0 aliphatic rings. The van der Waals surface area contributed by atoms with Crippen LogP contribution in [0.3, 0.4) is 0 Å². The maximum absolute atomic E-state index is 13.8. The fourth-order valence-electron chi connectivity index (χ4n) is 2.90. The number of hydrogen-bond donors (Lipinski definition) is 1. The van der Waals surface area contributed by atoms with Gasteiger partial charge in [0.2, 0.25) is 0 Å². The highest BCUT2D eigenvalue weighted by Gasteiger charge is 2.24. The molecule has 146 valence electrons. The molecule has 1 N–H and O–H groups in total. The van der Waals surface area contributed by atoms with Gasteiger partial charge in [-0.05, 0) is 35.2 Å². The lowest BCUT2D eigenvalue weighted by Crippen LogP contribution is -2.07. The summed E-state index contributed by atoms with van der Waals surface area (Å²) in [5, 5.41) is 10.7. The summed E-state index contributed by atoms with van der Waals surface area (Å²) < 4.78 is 28.5. The Morgan fingerprint density at radius 2 is 1.83 bits per heavy atom. The number of halogens is 3. The van der Waals surface area contributed by atoms with Crippen LogP contribution in [0.25, 0.3) is 21.3 Å². The number of fused-ring (bicyclic) bond motifs is 1. The van der Waals surface area contributed by atoms with Gasteiger partial charge < -0.3 is 5.11 Å². The fourth-order valence-corrected chi connectivity index (χ4v) is 4.95. The van der Waals surface area contributed by atoms with E-state index < -0.39 is 22.6 Å². The molecule has 0 aliphatic carbocycles. The van der Waals surface area contributed by atoms with E-state index in [0.29, 0.717) is 5.52 Å². The summed E-state index contributed by atoms with van der Waals surface area (Å²) in [6, 6.07) is 9.23. The molecule has 0 aliphatic heterocycles. The Bertz CT molecular complexity index is 1230. The van der Waals surface area contributed by atoms with E-state index in [0.717, 1.165) is 28.2 Å². The van der Waals surface area contributed by atoms with E-state index in [2.05, 4.69) is 4.98 Å². The van der Waals surface area contributed by atoms with Crippen LogP contribution in [0.1, 0.15) is 25.0 Å². The molecule has 2 heterocycles. The van der Waals surface area contributed by atoms with E-state index in [1.54, 1.807) is 6.07 Å². The van der Waals surface area contributed by atoms with E-state index in [-0.39, 0.29) is 38.8 Å². The molecule has 4 rings (SSSR count). The molecule has 0 saturated heterocycles. The van der Waals surface area contributed by atoms with Gasteiger partial charge in [0.1, 0.15) is 16.7 Å². The molecule has 9 heteroatoms. The Kier molecular flexibility index (Phi) is 5.16. The van der Waals surface area contributed by atoms with Crippen LogP contribution in [0.4, 0.5) is 8.78 Å². The zero-order valence-electron chi connectivity index (χ0n) is 14.4. The van der Waals surface area contributed by atoms with Crippen molar-refractivity contribution >= 4 is 56.2 Å². The molecule has 0 spiro atoms. The van der Waals surface area contributed by atoms with Gasteiger partial charge in [-0.3, -0.25) is 4.79 Å². The van der Waals surface area contributed by atoms with Crippen molar-refractivity contribution in [1.82, 2.24) is 4.98 Å². The van der Waals surface area contributed by atoms with Crippen molar-refractivity contribution in [2.45, 2.75) is 6.42 Å². The van der Waals surface area contributed by atoms with Gasteiger partial charge >= 0.3 is 5.97 Å². The Balaban J connectivity index is 1.71. The summed E-state index contributed by atoms with van der Waals surface area (Å²) in [5.41, 5.74) is 0.699. The number of hydrogen-bond acceptors (Lipinski definition) is 5. The van der Waals surface area contributed by atoms with Crippen LogP contribution in [0.15, 0.2) is 41.8 Å². The van der Waals surface area contributed by atoms with Crippen LogP contribution in [-0.2, 0) is 6.42 Å². The zero-order chi connectivity index (χ0) is 20.7. The van der Waals surface area contributed by atoms with Crippen LogP contribution < -0.4 is 0 Å². The van der Waals surface area contributed by atoms with Crippen LogP contribution in [0.5, 0.6) is 0 Å². The molecule has 0 unspecified atom stereocenters. The van der Waals surface area contributed by atoms with Crippen molar-refractivity contribution in [3.05, 3.63) is 73.9 Å². The zero-order valence-corrected chi connectivity index (χ0v) is 16.8. The number of carboxylic acid groups (broad SMARTS) is 1. The molecule has 2 aromatic heterocycles. The number of nitrogens with zero attached hydrogens (tertiary/aromatic N) is 1. The van der Waals surface area contributed by atoms with Gasteiger partial charge in [0, 0.05) is 16.9 Å². The minimum Gasteiger partial charge on any atom is -0.478 e. The highest BCUT2D eigenvalue weighted by molar-refractivity contribution is 7.20. The minimum atomic E-state index is -1.29. The minimum absolute atomic E-state index is 0.0386. The number of thiazole rings is 1. The second kappa shape index (κ2) is 7.62. The first kappa shape index (κ1) is 19.6. The lowest BCUT2D eigenvalue weighted by atomic mass is 10.0. The van der Waals surface area contributed by atoms with Gasteiger partial charge in [-0.1, -0.05) is 23.7 Å². The predicted molar refractivity (Wildman–Crippen MR) is 109 cm³/mol. The topological polar surface area (TPSA) is 67.3 Å². The molecule has 0 saturated carbocycles. The monoisotopic (exact) mass is 449 g/mol. The molecule has 4 nitrogen and oxygen atoms in total. The molecule has 0 radical (unpaired) electrons. The van der Waals surface area contributed by atoms with Crippen LogP contribution in [-0.4, -0.2) is 21.8 Å². The maximum Gasteiger partial charge on any atom is 0.337 e. The summed E-state index contributed by atoms with van der Waals surface area (Å²) in [6.45, 7) is 0. The summed E-state index contributed by atoms with van der Waals surface area (Å²) in [7, 11) is 0. The lowest BCUT2D eigenvalue weighted by molar-refractivity contribution is 0.0697. The smallest absolute Gasteiger partial charge is 0.337 e. The number of aromatic nitrogens is 1. The quantitative estimate of drug-likeness (QED) is 0.296. The summed E-state index contributed by atoms with van der Waals surface area (Å²) >= 11 is 7.77. The van der Waals surface area contributed by atoms with Crippen LogP contribution >= 0.6 is 34.3 Å². The molecule has 0 amide bonds. The first-order chi connectivity index (χ1) is 13.8. The molecule has 0 bridgehead atoms. The third kappa shape index (κ3) is 3.66. The van der Waals surface area contributed by atoms with Gasteiger partial charge in [0.05, 0.1) is 15.8 Å². The van der Waals surface area contributed by atoms with Gasteiger partial charge in [0.15, 0.2) is 10.8 Å². The summed E-state index contributed by atoms with van der Waals surface area (Å²) in [5.74, 6) is -3.59. The lowest BCUT2D eigenvalue weighted by Gasteiger charge is -2.05. The van der Waals surface area contributed by atoms with Crippen molar-refractivity contribution in [2.24, 2.45) is 0 Å². The Labute approximate surface area is 176 Å². The Morgan fingerprint density at radius 1 is 1.14 bits per heavy atom. The van der Waals surface area contributed by atoms with Crippen LogP contribution in [0, 0.1) is 11.6 Å². The third-order valence-corrected chi connectivity index (χ3v) is 6.65. The standard InChI is InChI=1S/C20H10ClF2NO3S2/c21-18-11(22)5-9(6-12(18)23)10-8-28-16(17(10)20(26)27)7-14(25)19-24-13-3-1-2-4-15(13)29-19/h1-6,8H,7H2,(H,26,27). The Morgan fingerprint density at radius 3 is 2.48 bits per heavy atom. The third-order valence-electron chi connectivity index (χ3n) is 4.23. The van der Waals surface area contributed by atoms with Crippen molar-refractivity contribution in [3.63, 3.8) is 0 Å². The average molecular weight is 450 g/mol. The SMILES string of the molecule is O=C(Cc1scc(-c2cc(F)c(Cl)c(F)c2)c1C(=O)O)c1nc2ccccc2s1. The molecular weight excluding hydrogens is 440 g/mol. The van der Waals surface area contributed by atoms with E-state index in [9.17, 15) is 23.5 Å². The molecule has 0 fully saturated rings. The molecule has 29 heavy (non-hydrogen) atoms. The first-order valence-electron chi connectivity index (χ1n) is 8.22. The number of benzene rings is 2. The maximum atomic E-state index is 13.8. The van der Waals surface area contributed by atoms with Crippen LogP contribution in [0.2, 0.25) is 5.02 Å². The van der Waals surface area contributed by atoms with Crippen molar-refractivity contribution in [2.75, 3.05) is 0 Å². The number of carbonyl (C=O) groups excluding carboxylic acids is 1. The van der Waals surface area contributed by atoms with E-state index in [1.165, 1.54) is 16.7 Å². The highest BCUT2D eigenvalue weighted by Crippen LogP contribution is 2.35. The van der Waals surface area contributed by atoms with E-state index >= 15 is 0 Å². The molecule has 2 aromatic carbocycles. The number of aromatic carboxylic acids is 1. The van der Waals surface area contributed by atoms with Gasteiger partial charge in [-0.15, -0.1) is 22.7 Å². The fraction of sp³-hybridized carbons (Fsp3) is 0.0500. The number of rotatable bonds is 5. The molecular formula is C20H10ClF2NO3S2. The second-order valence-corrected chi connectivity index (χ2v) is 8.47. The number of carbonyl (C=O) groups is 2. The van der Waals surface area contributed by atoms with Gasteiger partial charge in [-0.25, -0.2) is 18.6 Å². The normalized spacial score (nSPS) is 11.1. The molecule has 0 atom stereocenters. The number of carboxylic acids is 1. The highest BCUT2D eigenvalue weighted by atomic mass is 35.5. The predicted octanol–water partition coefficient (Wildman–Crippen LogP) is 6.08. The Hall–Kier alpha value is -2.68. The van der Waals surface area contributed by atoms with E-state index in [1.807, 2.05) is 18.2 Å². The van der Waals surface area contributed by atoms with Crippen molar-refractivity contribution in [1.29, 1.82) is 0 Å². The number of thiophene rings is 1. The number of para-hydroxylation sites is 1. The van der Waals surface area contributed by atoms with Crippen molar-refractivity contribution in [3.8, 4) is 11.1 Å². The van der Waals surface area contributed by atoms with E-state index in [4.69, 9.17) is 11.6 Å². The number of ketones is 1. The van der Waals surface area contributed by atoms with Gasteiger partial charge in [-0.2, -0.15) is 0 Å². The average Bonchev–Trinajstić information content (AvgIpc) is 3.29. The molecule has 4 aromatic rings. The second-order valence-electron chi connectivity index (χ2n) is 6.09. The number of Topliss-reactive ketones (excluding diaryl/α,β-unsaturated/α-hetero) is 1. The summed E-state index contributed by atoms with van der Waals surface area (Å²) in [6.07, 6.45) is -0.176. The van der Waals surface area contributed by atoms with Crippen molar-refractivity contribution < 1.29 is 23.5 Å². The largest absolute Gasteiger partial charge is 0.478 e.